The Balaban J connectivity index is 1.26. The molecule has 7 heteroatoms. The Morgan fingerprint density at radius 3 is 2.61 bits per heavy atom. The van der Waals surface area contributed by atoms with Gasteiger partial charge in [0.1, 0.15) is 5.69 Å². The number of hydrogen-bond acceptors (Lipinski definition) is 6. The first-order valence-corrected chi connectivity index (χ1v) is 10.7. The van der Waals surface area contributed by atoms with Crippen molar-refractivity contribution in [2.45, 2.75) is 31.5 Å². The summed E-state index contributed by atoms with van der Waals surface area (Å²) in [5.74, 6) is 0.329. The molecule has 1 amide bonds. The minimum atomic E-state index is -0.579. The Hall–Kier alpha value is -3.16. The third kappa shape index (κ3) is 4.06. The van der Waals surface area contributed by atoms with Gasteiger partial charge in [0, 0.05) is 56.4 Å². The maximum atomic E-state index is 13.1. The van der Waals surface area contributed by atoms with Crippen molar-refractivity contribution in [1.29, 1.82) is 0 Å². The number of benzene rings is 1. The number of nitrogens with zero attached hydrogens (tertiary/aromatic N) is 5. The summed E-state index contributed by atoms with van der Waals surface area (Å²) in [6, 6.07) is 13.8. The number of likely N-dealkylation sites (tertiary alicyclic amines) is 1. The minimum absolute atomic E-state index is 0.0650. The third-order valence-electron chi connectivity index (χ3n) is 6.28. The van der Waals surface area contributed by atoms with Crippen LogP contribution < -0.4 is 0 Å². The molecule has 0 bridgehead atoms. The summed E-state index contributed by atoms with van der Waals surface area (Å²) in [6.45, 7) is 2.71. The number of aliphatic hydroxyl groups excluding tert-OH is 1. The second-order valence-electron chi connectivity index (χ2n) is 8.17. The molecule has 2 aromatic heterocycles. The van der Waals surface area contributed by atoms with Crippen molar-refractivity contribution < 1.29 is 9.90 Å². The highest BCUT2D eigenvalue weighted by Gasteiger charge is 2.35. The number of carbonyl (C=O) groups is 1. The van der Waals surface area contributed by atoms with E-state index in [4.69, 9.17) is 0 Å². The van der Waals surface area contributed by atoms with Gasteiger partial charge >= 0.3 is 0 Å². The highest BCUT2D eigenvalue weighted by atomic mass is 16.3. The third-order valence-corrected chi connectivity index (χ3v) is 6.28. The van der Waals surface area contributed by atoms with Crippen LogP contribution in [0.5, 0.6) is 0 Å². The Morgan fingerprint density at radius 1 is 1.00 bits per heavy atom. The lowest BCUT2D eigenvalue weighted by molar-refractivity contribution is -0.0139. The molecule has 5 rings (SSSR count). The van der Waals surface area contributed by atoms with E-state index in [1.807, 2.05) is 12.1 Å². The van der Waals surface area contributed by atoms with E-state index < -0.39 is 6.10 Å². The van der Waals surface area contributed by atoms with E-state index >= 15 is 0 Å². The van der Waals surface area contributed by atoms with Gasteiger partial charge in [0.05, 0.1) is 6.10 Å². The SMILES string of the molecule is O=C(c1ccnc(-c2ccncc2)n1)N1CCC(N2CCc3ccccc3C2)[C@@H](O)C1. The van der Waals surface area contributed by atoms with Crippen LogP contribution in [0.1, 0.15) is 28.0 Å². The molecule has 1 unspecified atom stereocenters. The number of aromatic nitrogens is 3. The van der Waals surface area contributed by atoms with Crippen LogP contribution in [-0.4, -0.2) is 67.5 Å². The fraction of sp³-hybridized carbons (Fsp3) is 0.333. The summed E-state index contributed by atoms with van der Waals surface area (Å²) >= 11 is 0. The number of fused-ring (bicyclic) bond motifs is 1. The molecule has 0 aliphatic carbocycles. The van der Waals surface area contributed by atoms with Crippen LogP contribution in [0.2, 0.25) is 0 Å². The van der Waals surface area contributed by atoms with Crippen LogP contribution in [0, 0.1) is 0 Å². The number of rotatable bonds is 3. The van der Waals surface area contributed by atoms with E-state index in [2.05, 4.69) is 44.1 Å². The lowest BCUT2D eigenvalue weighted by atomic mass is 9.94. The molecule has 7 nitrogen and oxygen atoms in total. The number of hydrogen-bond donors (Lipinski definition) is 1. The van der Waals surface area contributed by atoms with Crippen molar-refractivity contribution in [3.8, 4) is 11.4 Å². The smallest absolute Gasteiger partial charge is 0.272 e. The predicted molar refractivity (Wildman–Crippen MR) is 116 cm³/mol. The maximum absolute atomic E-state index is 13.1. The molecule has 2 aliphatic rings. The van der Waals surface area contributed by atoms with Crippen molar-refractivity contribution in [2.24, 2.45) is 0 Å². The molecule has 1 saturated heterocycles. The van der Waals surface area contributed by atoms with Gasteiger partial charge in [0.2, 0.25) is 0 Å². The monoisotopic (exact) mass is 415 g/mol. The van der Waals surface area contributed by atoms with Crippen LogP contribution in [0.15, 0.2) is 61.1 Å². The Morgan fingerprint density at radius 2 is 1.81 bits per heavy atom. The Labute approximate surface area is 181 Å². The first-order valence-electron chi connectivity index (χ1n) is 10.7. The number of pyridine rings is 1. The zero-order chi connectivity index (χ0) is 21.2. The van der Waals surface area contributed by atoms with Gasteiger partial charge in [-0.2, -0.15) is 0 Å². The van der Waals surface area contributed by atoms with Gasteiger partial charge < -0.3 is 10.0 Å². The number of aliphatic hydroxyl groups is 1. The molecule has 2 aliphatic heterocycles. The Kier molecular flexibility index (Phi) is 5.44. The zero-order valence-electron chi connectivity index (χ0n) is 17.3. The molecule has 158 valence electrons. The number of piperidine rings is 1. The minimum Gasteiger partial charge on any atom is -0.390 e. The number of amides is 1. The summed E-state index contributed by atoms with van der Waals surface area (Å²) in [4.78, 5) is 29.9. The molecular formula is C24H25N5O2. The largest absolute Gasteiger partial charge is 0.390 e. The lowest BCUT2D eigenvalue weighted by Crippen LogP contribution is -2.56. The van der Waals surface area contributed by atoms with Gasteiger partial charge in [-0.3, -0.25) is 14.7 Å². The fourth-order valence-electron chi connectivity index (χ4n) is 4.61. The topological polar surface area (TPSA) is 82.5 Å². The molecular weight excluding hydrogens is 390 g/mol. The van der Waals surface area contributed by atoms with Crippen molar-refractivity contribution in [3.63, 3.8) is 0 Å². The zero-order valence-corrected chi connectivity index (χ0v) is 17.3. The highest BCUT2D eigenvalue weighted by molar-refractivity contribution is 5.92. The van der Waals surface area contributed by atoms with Crippen LogP contribution >= 0.6 is 0 Å². The Bertz CT molecular complexity index is 1070. The summed E-state index contributed by atoms with van der Waals surface area (Å²) in [5, 5.41) is 10.9. The fourth-order valence-corrected chi connectivity index (χ4v) is 4.61. The van der Waals surface area contributed by atoms with Gasteiger partial charge in [0.15, 0.2) is 5.82 Å². The first kappa shape index (κ1) is 19.8. The number of β-amino-alcohol motifs (C(OH)–C–C–N with tert-alkyl or cyclic N) is 1. The average molecular weight is 415 g/mol. The summed E-state index contributed by atoms with van der Waals surface area (Å²) in [5.41, 5.74) is 3.90. The molecule has 4 heterocycles. The lowest BCUT2D eigenvalue weighted by Gasteiger charge is -2.43. The first-order chi connectivity index (χ1) is 15.2. The molecule has 2 atom stereocenters. The summed E-state index contributed by atoms with van der Waals surface area (Å²) in [7, 11) is 0. The van der Waals surface area contributed by atoms with Crippen molar-refractivity contribution in [3.05, 3.63) is 77.9 Å². The molecule has 0 saturated carbocycles. The molecule has 3 aromatic rings. The van der Waals surface area contributed by atoms with Crippen LogP contribution in [0.4, 0.5) is 0 Å². The average Bonchev–Trinajstić information content (AvgIpc) is 2.84. The van der Waals surface area contributed by atoms with E-state index in [1.54, 1.807) is 29.6 Å². The maximum Gasteiger partial charge on any atom is 0.272 e. The molecule has 1 N–H and O–H groups in total. The van der Waals surface area contributed by atoms with Gasteiger partial charge in [0.25, 0.3) is 5.91 Å². The van der Waals surface area contributed by atoms with E-state index in [0.717, 1.165) is 31.5 Å². The molecule has 0 radical (unpaired) electrons. The van der Waals surface area contributed by atoms with Gasteiger partial charge in [-0.15, -0.1) is 0 Å². The van der Waals surface area contributed by atoms with Gasteiger partial charge in [-0.1, -0.05) is 24.3 Å². The van der Waals surface area contributed by atoms with E-state index in [-0.39, 0.29) is 11.9 Å². The second kappa shape index (κ2) is 8.53. The van der Waals surface area contributed by atoms with Gasteiger partial charge in [-0.05, 0) is 42.2 Å². The standard InChI is InChI=1S/C24H25N5O2/c30-22-16-29(14-9-21(22)28-13-8-17-3-1-2-4-19(17)15-28)24(31)20-7-12-26-23(27-20)18-5-10-25-11-6-18/h1-7,10-12,21-22,30H,8-9,13-16H2/t21?,22-/m0/s1. The van der Waals surface area contributed by atoms with Crippen LogP contribution in [0.25, 0.3) is 11.4 Å². The van der Waals surface area contributed by atoms with Crippen molar-refractivity contribution in [1.82, 2.24) is 24.8 Å². The van der Waals surface area contributed by atoms with Crippen LogP contribution in [-0.2, 0) is 13.0 Å². The van der Waals surface area contributed by atoms with Gasteiger partial charge in [-0.25, -0.2) is 9.97 Å². The van der Waals surface area contributed by atoms with Crippen molar-refractivity contribution >= 4 is 5.91 Å². The molecule has 31 heavy (non-hydrogen) atoms. The number of carbonyl (C=O) groups excluding carboxylic acids is 1. The molecule has 1 aromatic carbocycles. The molecule has 1 fully saturated rings. The van der Waals surface area contributed by atoms with E-state index in [9.17, 15) is 9.90 Å². The summed E-state index contributed by atoms with van der Waals surface area (Å²) in [6.07, 6.45) is 6.12. The quantitative estimate of drug-likeness (QED) is 0.706. The molecule has 0 spiro atoms. The highest BCUT2D eigenvalue weighted by Crippen LogP contribution is 2.26. The van der Waals surface area contributed by atoms with E-state index in [1.165, 1.54) is 11.1 Å². The van der Waals surface area contributed by atoms with Crippen LogP contribution in [0.3, 0.4) is 0 Å². The van der Waals surface area contributed by atoms with Crippen molar-refractivity contribution in [2.75, 3.05) is 19.6 Å². The summed E-state index contributed by atoms with van der Waals surface area (Å²) < 4.78 is 0. The second-order valence-corrected chi connectivity index (χ2v) is 8.17. The predicted octanol–water partition coefficient (Wildman–Crippen LogP) is 2.17. The normalized spacial score (nSPS) is 21.5. The van der Waals surface area contributed by atoms with E-state index in [0.29, 0.717) is 24.6 Å².